The van der Waals surface area contributed by atoms with E-state index in [0.717, 1.165) is 0 Å². The van der Waals surface area contributed by atoms with Crippen molar-refractivity contribution in [2.45, 2.75) is 0 Å². The third kappa shape index (κ3) is 1.40. The van der Waals surface area contributed by atoms with E-state index >= 15 is 0 Å². The molecule has 3 N–H and O–H groups in total. The molecular weight excluding hydrogens is 210 g/mol. The molecule has 1 aromatic carbocycles. The molecule has 0 aliphatic heterocycles. The van der Waals surface area contributed by atoms with Crippen LogP contribution in [0.1, 0.15) is 0 Å². The van der Waals surface area contributed by atoms with Crippen LogP contribution in [0.2, 0.25) is 0 Å². The summed E-state index contributed by atoms with van der Waals surface area (Å²) in [4.78, 5) is 0. The summed E-state index contributed by atoms with van der Waals surface area (Å²) in [6.45, 7) is 0. The summed E-state index contributed by atoms with van der Waals surface area (Å²) >= 11 is 3.12. The minimum Gasteiger partial charge on any atom is -0.505 e. The fourth-order valence-corrected chi connectivity index (χ4v) is 1.09. The van der Waals surface area contributed by atoms with Crippen molar-refractivity contribution in [2.75, 3.05) is 12.8 Å². The monoisotopic (exact) mass is 217 g/mol. The van der Waals surface area contributed by atoms with Gasteiger partial charge >= 0.3 is 0 Å². The second-order valence-electron chi connectivity index (χ2n) is 2.01. The molecule has 0 aliphatic rings. The van der Waals surface area contributed by atoms with E-state index in [9.17, 15) is 5.11 Å². The third-order valence-electron chi connectivity index (χ3n) is 1.35. The van der Waals surface area contributed by atoms with Crippen molar-refractivity contribution in [1.29, 1.82) is 0 Å². The Balaban J connectivity index is 3.25. The number of phenolic OH excluding ortho intramolecular Hbond substituents is 1. The number of nitrogen functional groups attached to an aromatic ring is 1. The largest absolute Gasteiger partial charge is 0.505 e. The maximum absolute atomic E-state index is 9.27. The first-order valence-corrected chi connectivity index (χ1v) is 3.77. The molecule has 0 amide bonds. The summed E-state index contributed by atoms with van der Waals surface area (Å²) in [6.07, 6.45) is 0. The van der Waals surface area contributed by atoms with E-state index in [1.807, 2.05) is 0 Å². The van der Waals surface area contributed by atoms with E-state index in [0.29, 0.717) is 10.2 Å². The Bertz CT molecular complexity index is 275. The number of nitrogens with two attached hydrogens (primary N) is 1. The lowest BCUT2D eigenvalue weighted by Crippen LogP contribution is -1.92. The standard InChI is InChI=1S/C7H8BrNO2/c1-11-5-3-2-4(8)7(10)6(5)9/h2-3,10H,9H2,1H3. The van der Waals surface area contributed by atoms with Crippen LogP contribution in [0.3, 0.4) is 0 Å². The van der Waals surface area contributed by atoms with Crippen LogP contribution in [0, 0.1) is 0 Å². The molecule has 1 rings (SSSR count). The van der Waals surface area contributed by atoms with Gasteiger partial charge in [0.15, 0.2) is 5.75 Å². The van der Waals surface area contributed by atoms with Gasteiger partial charge in [-0.1, -0.05) is 0 Å². The minimum atomic E-state index is 0.0179. The van der Waals surface area contributed by atoms with Crippen molar-refractivity contribution < 1.29 is 9.84 Å². The molecule has 1 aromatic rings. The number of phenols is 1. The number of hydrogen-bond donors (Lipinski definition) is 2. The van der Waals surface area contributed by atoms with Gasteiger partial charge in [-0.25, -0.2) is 0 Å². The first kappa shape index (κ1) is 8.20. The van der Waals surface area contributed by atoms with Gasteiger partial charge in [-0.15, -0.1) is 0 Å². The fourth-order valence-electron chi connectivity index (χ4n) is 0.741. The first-order valence-electron chi connectivity index (χ1n) is 2.97. The van der Waals surface area contributed by atoms with E-state index < -0.39 is 0 Å². The summed E-state index contributed by atoms with van der Waals surface area (Å²) in [7, 11) is 1.50. The molecule has 0 unspecified atom stereocenters. The van der Waals surface area contributed by atoms with Crippen molar-refractivity contribution in [3.05, 3.63) is 16.6 Å². The Hall–Kier alpha value is -0.900. The van der Waals surface area contributed by atoms with Crippen LogP contribution in [0.4, 0.5) is 5.69 Å². The van der Waals surface area contributed by atoms with E-state index in [2.05, 4.69) is 15.9 Å². The summed E-state index contributed by atoms with van der Waals surface area (Å²) < 4.78 is 5.44. The van der Waals surface area contributed by atoms with Gasteiger partial charge < -0.3 is 15.6 Å². The zero-order valence-electron chi connectivity index (χ0n) is 5.97. The molecule has 0 atom stereocenters. The second-order valence-corrected chi connectivity index (χ2v) is 2.87. The van der Waals surface area contributed by atoms with Gasteiger partial charge in [-0.2, -0.15) is 0 Å². The number of rotatable bonds is 1. The topological polar surface area (TPSA) is 55.5 Å². The van der Waals surface area contributed by atoms with Crippen molar-refractivity contribution >= 4 is 21.6 Å². The average molecular weight is 218 g/mol. The highest BCUT2D eigenvalue weighted by molar-refractivity contribution is 9.10. The lowest BCUT2D eigenvalue weighted by atomic mass is 10.3. The molecule has 0 aliphatic carbocycles. The molecule has 0 aromatic heterocycles. The number of halogens is 1. The summed E-state index contributed by atoms with van der Waals surface area (Å²) in [6, 6.07) is 3.35. The van der Waals surface area contributed by atoms with Gasteiger partial charge in [0.25, 0.3) is 0 Å². The molecule has 0 fully saturated rings. The van der Waals surface area contributed by atoms with Gasteiger partial charge in [-0.05, 0) is 28.1 Å². The predicted molar refractivity (Wildman–Crippen MR) is 46.8 cm³/mol. The fraction of sp³-hybridized carbons (Fsp3) is 0.143. The molecule has 0 bridgehead atoms. The molecule has 11 heavy (non-hydrogen) atoms. The Morgan fingerprint density at radius 1 is 1.55 bits per heavy atom. The van der Waals surface area contributed by atoms with E-state index in [1.165, 1.54) is 7.11 Å². The molecule has 4 heteroatoms. The molecule has 0 saturated heterocycles. The first-order chi connectivity index (χ1) is 5.16. The summed E-state index contributed by atoms with van der Waals surface area (Å²) in [5, 5.41) is 9.27. The predicted octanol–water partition coefficient (Wildman–Crippen LogP) is 1.75. The average Bonchev–Trinajstić information content (AvgIpc) is 2.01. The molecule has 0 radical (unpaired) electrons. The summed E-state index contributed by atoms with van der Waals surface area (Å²) in [5.74, 6) is 0.495. The normalized spacial score (nSPS) is 9.64. The molecule has 0 heterocycles. The lowest BCUT2D eigenvalue weighted by Gasteiger charge is -2.06. The molecule has 60 valence electrons. The van der Waals surface area contributed by atoms with Gasteiger partial charge in [0.2, 0.25) is 0 Å². The van der Waals surface area contributed by atoms with Crippen LogP contribution >= 0.6 is 15.9 Å². The van der Waals surface area contributed by atoms with Crippen molar-refractivity contribution in [1.82, 2.24) is 0 Å². The number of aromatic hydroxyl groups is 1. The van der Waals surface area contributed by atoms with Crippen LogP contribution in [0.25, 0.3) is 0 Å². The van der Waals surface area contributed by atoms with Crippen molar-refractivity contribution in [2.24, 2.45) is 0 Å². The van der Waals surface area contributed by atoms with E-state index in [-0.39, 0.29) is 11.4 Å². The van der Waals surface area contributed by atoms with Crippen molar-refractivity contribution in [3.63, 3.8) is 0 Å². The highest BCUT2D eigenvalue weighted by Gasteiger charge is 2.06. The molecule has 0 spiro atoms. The zero-order chi connectivity index (χ0) is 8.43. The maximum atomic E-state index is 9.27. The van der Waals surface area contributed by atoms with Crippen LogP contribution in [-0.2, 0) is 0 Å². The van der Waals surface area contributed by atoms with Gasteiger partial charge in [-0.3, -0.25) is 0 Å². The number of benzene rings is 1. The van der Waals surface area contributed by atoms with Crippen molar-refractivity contribution in [3.8, 4) is 11.5 Å². The number of methoxy groups -OCH3 is 1. The highest BCUT2D eigenvalue weighted by atomic mass is 79.9. The van der Waals surface area contributed by atoms with Gasteiger partial charge in [0, 0.05) is 0 Å². The Labute approximate surface area is 72.9 Å². The molecular formula is C7H8BrNO2. The van der Waals surface area contributed by atoms with Crippen LogP contribution < -0.4 is 10.5 Å². The Morgan fingerprint density at radius 3 is 2.73 bits per heavy atom. The zero-order valence-corrected chi connectivity index (χ0v) is 7.55. The van der Waals surface area contributed by atoms with Gasteiger partial charge in [0.1, 0.15) is 11.4 Å². The highest BCUT2D eigenvalue weighted by Crippen LogP contribution is 2.36. The number of anilines is 1. The third-order valence-corrected chi connectivity index (χ3v) is 1.99. The lowest BCUT2D eigenvalue weighted by molar-refractivity contribution is 0.410. The quantitative estimate of drug-likeness (QED) is 0.557. The van der Waals surface area contributed by atoms with E-state index in [4.69, 9.17) is 10.5 Å². The number of ether oxygens (including phenoxy) is 1. The molecule has 0 saturated carbocycles. The molecule has 3 nitrogen and oxygen atoms in total. The van der Waals surface area contributed by atoms with Crippen LogP contribution in [-0.4, -0.2) is 12.2 Å². The minimum absolute atomic E-state index is 0.0179. The maximum Gasteiger partial charge on any atom is 0.156 e. The number of hydrogen-bond acceptors (Lipinski definition) is 3. The Kier molecular flexibility index (Phi) is 2.24. The SMILES string of the molecule is COc1ccc(Br)c(O)c1N. The Morgan fingerprint density at radius 2 is 2.18 bits per heavy atom. The van der Waals surface area contributed by atoms with Gasteiger partial charge in [0.05, 0.1) is 11.6 Å². The second kappa shape index (κ2) is 3.00. The summed E-state index contributed by atoms with van der Waals surface area (Å²) in [5.41, 5.74) is 5.74. The van der Waals surface area contributed by atoms with Crippen LogP contribution in [0.15, 0.2) is 16.6 Å². The smallest absolute Gasteiger partial charge is 0.156 e. The van der Waals surface area contributed by atoms with Crippen LogP contribution in [0.5, 0.6) is 11.5 Å². The van der Waals surface area contributed by atoms with E-state index in [1.54, 1.807) is 12.1 Å².